The lowest BCUT2D eigenvalue weighted by Gasteiger charge is -2.38. The van der Waals surface area contributed by atoms with Gasteiger partial charge >= 0.3 is 0 Å². The van der Waals surface area contributed by atoms with Gasteiger partial charge < -0.3 is 4.42 Å². The fourth-order valence-electron chi connectivity index (χ4n) is 2.92. The van der Waals surface area contributed by atoms with Crippen LogP contribution < -0.4 is 0 Å². The van der Waals surface area contributed by atoms with Gasteiger partial charge in [0.1, 0.15) is 11.5 Å². The fraction of sp³-hybridized carbons (Fsp3) is 0.467. The number of hydrogen-bond acceptors (Lipinski definition) is 3. The minimum Gasteiger partial charge on any atom is -0.468 e. The van der Waals surface area contributed by atoms with Gasteiger partial charge in [-0.2, -0.15) is 0 Å². The van der Waals surface area contributed by atoms with Crippen molar-refractivity contribution >= 4 is 11.6 Å². The minimum absolute atomic E-state index is 0.00329. The van der Waals surface area contributed by atoms with E-state index in [0.29, 0.717) is 17.7 Å². The van der Waals surface area contributed by atoms with Crippen molar-refractivity contribution in [3.63, 3.8) is 0 Å². The SMILES string of the molecule is C=C(C)[C@@H]1C(=O)c2c(C)coc2C[C@]1(C)C(C)=O. The standard InChI is InChI=1S/C15H18O3/c1-8(2)13-14(17)12-9(3)7-18-11(12)6-15(13,5)10(4)16/h7,13H,1,6H2,2-5H3/t13-,15-/m1/s1. The van der Waals surface area contributed by atoms with Gasteiger partial charge in [0.05, 0.1) is 17.7 Å². The number of fused-ring (bicyclic) bond motifs is 1. The molecule has 1 aliphatic carbocycles. The van der Waals surface area contributed by atoms with Gasteiger partial charge in [0.25, 0.3) is 0 Å². The van der Waals surface area contributed by atoms with Crippen LogP contribution in [0.5, 0.6) is 0 Å². The van der Waals surface area contributed by atoms with Crippen molar-refractivity contribution in [2.75, 3.05) is 0 Å². The van der Waals surface area contributed by atoms with Crippen LogP contribution in [0.1, 0.15) is 42.5 Å². The first kappa shape index (κ1) is 12.8. The lowest BCUT2D eigenvalue weighted by molar-refractivity contribution is -0.127. The Morgan fingerprint density at radius 3 is 2.61 bits per heavy atom. The Hall–Kier alpha value is -1.64. The summed E-state index contributed by atoms with van der Waals surface area (Å²) in [6, 6.07) is 0. The third-order valence-electron chi connectivity index (χ3n) is 4.02. The zero-order valence-electron chi connectivity index (χ0n) is 11.3. The molecule has 0 unspecified atom stereocenters. The molecule has 0 aromatic carbocycles. The maximum atomic E-state index is 12.6. The number of hydrogen-bond donors (Lipinski definition) is 0. The summed E-state index contributed by atoms with van der Waals surface area (Å²) in [7, 11) is 0. The molecule has 2 rings (SSSR count). The molecule has 0 saturated heterocycles. The van der Waals surface area contributed by atoms with Gasteiger partial charge in [0.15, 0.2) is 5.78 Å². The first-order valence-corrected chi connectivity index (χ1v) is 6.06. The van der Waals surface area contributed by atoms with E-state index in [2.05, 4.69) is 6.58 Å². The maximum absolute atomic E-state index is 12.6. The second kappa shape index (κ2) is 3.94. The number of carbonyl (C=O) groups is 2. The Morgan fingerprint density at radius 2 is 2.11 bits per heavy atom. The Bertz CT molecular complexity index is 550. The molecule has 0 bridgehead atoms. The molecule has 18 heavy (non-hydrogen) atoms. The molecule has 1 aliphatic rings. The molecule has 1 aromatic rings. The molecule has 0 radical (unpaired) electrons. The number of carbonyl (C=O) groups excluding carboxylic acids is 2. The van der Waals surface area contributed by atoms with Crippen molar-refractivity contribution in [1.82, 2.24) is 0 Å². The molecule has 3 heteroatoms. The summed E-state index contributed by atoms with van der Waals surface area (Å²) in [5.41, 5.74) is 1.48. The summed E-state index contributed by atoms with van der Waals surface area (Å²) in [4.78, 5) is 24.5. The van der Waals surface area contributed by atoms with E-state index in [1.807, 2.05) is 20.8 Å². The van der Waals surface area contributed by atoms with Crippen LogP contribution in [-0.4, -0.2) is 11.6 Å². The van der Waals surface area contributed by atoms with E-state index >= 15 is 0 Å². The van der Waals surface area contributed by atoms with Crippen LogP contribution in [0.15, 0.2) is 22.8 Å². The number of furan rings is 1. The van der Waals surface area contributed by atoms with Crippen LogP contribution in [0.4, 0.5) is 0 Å². The zero-order chi connectivity index (χ0) is 13.7. The first-order valence-electron chi connectivity index (χ1n) is 6.06. The lowest BCUT2D eigenvalue weighted by Crippen LogP contribution is -2.45. The second-order valence-corrected chi connectivity index (χ2v) is 5.51. The van der Waals surface area contributed by atoms with Crippen LogP contribution in [0.25, 0.3) is 0 Å². The van der Waals surface area contributed by atoms with Gasteiger partial charge in [0, 0.05) is 11.8 Å². The molecule has 96 valence electrons. The summed E-state index contributed by atoms with van der Waals surface area (Å²) in [5, 5.41) is 0. The van der Waals surface area contributed by atoms with Crippen molar-refractivity contribution in [1.29, 1.82) is 0 Å². The van der Waals surface area contributed by atoms with Gasteiger partial charge in [-0.25, -0.2) is 0 Å². The molecule has 1 heterocycles. The quantitative estimate of drug-likeness (QED) is 0.753. The topological polar surface area (TPSA) is 47.3 Å². The maximum Gasteiger partial charge on any atom is 0.174 e. The largest absolute Gasteiger partial charge is 0.468 e. The number of ketones is 2. The van der Waals surface area contributed by atoms with Crippen molar-refractivity contribution in [3.05, 3.63) is 35.3 Å². The van der Waals surface area contributed by atoms with Crippen molar-refractivity contribution < 1.29 is 14.0 Å². The summed E-state index contributed by atoms with van der Waals surface area (Å²) in [6.07, 6.45) is 2.05. The van der Waals surface area contributed by atoms with Crippen LogP contribution in [-0.2, 0) is 11.2 Å². The molecule has 1 aromatic heterocycles. The average molecular weight is 246 g/mol. The van der Waals surface area contributed by atoms with Crippen molar-refractivity contribution in [3.8, 4) is 0 Å². The van der Waals surface area contributed by atoms with Crippen LogP contribution in [0.2, 0.25) is 0 Å². The van der Waals surface area contributed by atoms with Crippen molar-refractivity contribution in [2.45, 2.75) is 34.1 Å². The van der Waals surface area contributed by atoms with E-state index in [9.17, 15) is 9.59 Å². The van der Waals surface area contributed by atoms with E-state index in [4.69, 9.17) is 4.42 Å². The first-order chi connectivity index (χ1) is 8.29. The molecule has 0 amide bonds. The van der Waals surface area contributed by atoms with Gasteiger partial charge in [-0.05, 0) is 26.3 Å². The van der Waals surface area contributed by atoms with Crippen LogP contribution >= 0.6 is 0 Å². The summed E-state index contributed by atoms with van der Waals surface area (Å²) >= 11 is 0. The lowest BCUT2D eigenvalue weighted by atomic mass is 9.62. The Labute approximate surface area is 107 Å². The summed E-state index contributed by atoms with van der Waals surface area (Å²) in [5.74, 6) is 0.155. The number of aryl methyl sites for hydroxylation is 1. The Kier molecular flexibility index (Phi) is 2.80. The Morgan fingerprint density at radius 1 is 1.50 bits per heavy atom. The molecule has 0 aliphatic heterocycles. The van der Waals surface area contributed by atoms with Crippen molar-refractivity contribution in [2.24, 2.45) is 11.3 Å². The molecule has 0 N–H and O–H groups in total. The molecule has 2 atom stereocenters. The monoisotopic (exact) mass is 246 g/mol. The fourth-order valence-corrected chi connectivity index (χ4v) is 2.92. The molecular formula is C15H18O3. The van der Waals surface area contributed by atoms with E-state index in [0.717, 1.165) is 11.1 Å². The molecule has 0 saturated carbocycles. The van der Waals surface area contributed by atoms with Gasteiger partial charge in [0.2, 0.25) is 0 Å². The summed E-state index contributed by atoms with van der Waals surface area (Å²) in [6.45, 7) is 10.9. The van der Waals surface area contributed by atoms with Crippen LogP contribution in [0.3, 0.4) is 0 Å². The third kappa shape index (κ3) is 1.57. The number of rotatable bonds is 2. The molecule has 0 fully saturated rings. The third-order valence-corrected chi connectivity index (χ3v) is 4.02. The smallest absolute Gasteiger partial charge is 0.174 e. The normalized spacial score (nSPS) is 26.9. The Balaban J connectivity index is 2.64. The van der Waals surface area contributed by atoms with E-state index in [-0.39, 0.29) is 11.6 Å². The minimum atomic E-state index is -0.736. The van der Waals surface area contributed by atoms with Gasteiger partial charge in [-0.15, -0.1) is 0 Å². The second-order valence-electron chi connectivity index (χ2n) is 5.51. The highest BCUT2D eigenvalue weighted by atomic mass is 16.3. The predicted molar refractivity (Wildman–Crippen MR) is 68.6 cm³/mol. The zero-order valence-corrected chi connectivity index (χ0v) is 11.3. The molecule has 0 spiro atoms. The van der Waals surface area contributed by atoms with E-state index in [1.54, 1.807) is 6.26 Å². The highest BCUT2D eigenvalue weighted by Gasteiger charge is 2.49. The highest BCUT2D eigenvalue weighted by Crippen LogP contribution is 2.44. The molecular weight excluding hydrogens is 228 g/mol. The summed E-state index contributed by atoms with van der Waals surface area (Å²) < 4.78 is 5.43. The number of allylic oxidation sites excluding steroid dienone is 1. The van der Waals surface area contributed by atoms with E-state index < -0.39 is 11.3 Å². The van der Waals surface area contributed by atoms with Gasteiger partial charge in [-0.1, -0.05) is 19.1 Å². The van der Waals surface area contributed by atoms with E-state index in [1.165, 1.54) is 6.92 Å². The average Bonchev–Trinajstić information content (AvgIpc) is 2.59. The highest BCUT2D eigenvalue weighted by molar-refractivity contribution is 6.06. The van der Waals surface area contributed by atoms with Gasteiger partial charge in [-0.3, -0.25) is 9.59 Å². The number of Topliss-reactive ketones (excluding diaryl/α,β-unsaturated/α-hetero) is 2. The molecule has 3 nitrogen and oxygen atoms in total. The predicted octanol–water partition coefficient (Wildman–Crippen LogP) is 3.11. The van der Waals surface area contributed by atoms with Crippen LogP contribution in [0, 0.1) is 18.3 Å².